The van der Waals surface area contributed by atoms with Crippen molar-refractivity contribution in [3.05, 3.63) is 82.7 Å². The van der Waals surface area contributed by atoms with Crippen molar-refractivity contribution in [2.75, 3.05) is 13.7 Å². The van der Waals surface area contributed by atoms with E-state index >= 15 is 0 Å². The van der Waals surface area contributed by atoms with Gasteiger partial charge in [0.1, 0.15) is 0 Å². The Kier molecular flexibility index (Phi) is 5.24. The molecule has 1 fully saturated rings. The van der Waals surface area contributed by atoms with Crippen LogP contribution >= 0.6 is 0 Å². The zero-order chi connectivity index (χ0) is 20.5. The van der Waals surface area contributed by atoms with E-state index in [1.165, 1.54) is 16.7 Å². The summed E-state index contributed by atoms with van der Waals surface area (Å²) in [6.07, 6.45) is 0.598. The average molecular weight is 389 g/mol. The normalized spacial score (nSPS) is 16.4. The Bertz CT molecular complexity index is 1020. The van der Waals surface area contributed by atoms with Gasteiger partial charge in [0.15, 0.2) is 0 Å². The highest BCUT2D eigenvalue weighted by Gasteiger charge is 2.37. The van der Waals surface area contributed by atoms with E-state index < -0.39 is 0 Å². The number of nitrogens with zero attached hydrogens (tertiary/aromatic N) is 4. The van der Waals surface area contributed by atoms with Crippen LogP contribution in [0.25, 0.3) is 5.69 Å². The van der Waals surface area contributed by atoms with Crippen LogP contribution in [0.15, 0.2) is 54.6 Å². The fourth-order valence-corrected chi connectivity index (χ4v) is 4.12. The highest BCUT2D eigenvalue weighted by molar-refractivity contribution is 5.83. The SMILES string of the molecule is Cc1ccccc1-n1nc(C)c(CN(C)CN2C(=O)CC2c2ccccc2)c1C. The molecular weight excluding hydrogens is 360 g/mol. The van der Waals surface area contributed by atoms with Crippen molar-refractivity contribution < 1.29 is 4.79 Å². The minimum atomic E-state index is 0.183. The van der Waals surface area contributed by atoms with Crippen LogP contribution < -0.4 is 0 Å². The fraction of sp³-hybridized carbons (Fsp3) is 0.333. The summed E-state index contributed by atoms with van der Waals surface area (Å²) >= 11 is 0. The summed E-state index contributed by atoms with van der Waals surface area (Å²) in [5, 5.41) is 4.79. The Balaban J connectivity index is 1.50. The van der Waals surface area contributed by atoms with Crippen molar-refractivity contribution in [2.24, 2.45) is 0 Å². The Morgan fingerprint density at radius 3 is 2.41 bits per heavy atom. The smallest absolute Gasteiger partial charge is 0.226 e. The molecule has 29 heavy (non-hydrogen) atoms. The summed E-state index contributed by atoms with van der Waals surface area (Å²) in [4.78, 5) is 16.4. The van der Waals surface area contributed by atoms with E-state index in [0.29, 0.717) is 13.1 Å². The highest BCUT2D eigenvalue weighted by atomic mass is 16.2. The van der Waals surface area contributed by atoms with Gasteiger partial charge in [-0.1, -0.05) is 48.5 Å². The number of likely N-dealkylation sites (tertiary alicyclic amines) is 1. The molecule has 2 heterocycles. The van der Waals surface area contributed by atoms with Gasteiger partial charge in [0.05, 0.1) is 30.5 Å². The van der Waals surface area contributed by atoms with Crippen LogP contribution in [0.1, 0.15) is 40.5 Å². The van der Waals surface area contributed by atoms with Gasteiger partial charge in [-0.15, -0.1) is 0 Å². The first-order valence-electron chi connectivity index (χ1n) is 10.1. The molecule has 1 atom stereocenters. The maximum atomic E-state index is 12.2. The van der Waals surface area contributed by atoms with E-state index in [1.807, 2.05) is 39.9 Å². The standard InChI is InChI=1S/C24H28N4O/c1-17-10-8-9-13-22(17)28-19(3)21(18(2)25-28)15-26(4)16-27-23(14-24(27)29)20-11-6-5-7-12-20/h5-13,23H,14-16H2,1-4H3. The van der Waals surface area contributed by atoms with Gasteiger partial charge in [0.2, 0.25) is 5.91 Å². The van der Waals surface area contributed by atoms with Crippen LogP contribution in [0.2, 0.25) is 0 Å². The van der Waals surface area contributed by atoms with Gasteiger partial charge in [-0.3, -0.25) is 9.69 Å². The summed E-state index contributed by atoms with van der Waals surface area (Å²) in [6, 6.07) is 18.8. The lowest BCUT2D eigenvalue weighted by Crippen LogP contribution is -2.50. The van der Waals surface area contributed by atoms with Crippen molar-refractivity contribution in [1.29, 1.82) is 0 Å². The molecule has 0 N–H and O–H groups in total. The van der Waals surface area contributed by atoms with E-state index in [9.17, 15) is 4.79 Å². The first-order chi connectivity index (χ1) is 14.0. The maximum Gasteiger partial charge on any atom is 0.226 e. The monoisotopic (exact) mass is 388 g/mol. The van der Waals surface area contributed by atoms with Gasteiger partial charge in [-0.25, -0.2) is 4.68 Å². The van der Waals surface area contributed by atoms with Crippen LogP contribution in [-0.4, -0.2) is 39.2 Å². The molecule has 0 bridgehead atoms. The van der Waals surface area contributed by atoms with E-state index in [0.717, 1.165) is 23.6 Å². The molecule has 1 saturated heterocycles. The molecule has 2 aromatic carbocycles. The first kappa shape index (κ1) is 19.4. The average Bonchev–Trinajstić information content (AvgIpc) is 2.99. The van der Waals surface area contributed by atoms with E-state index in [1.54, 1.807) is 0 Å². The summed E-state index contributed by atoms with van der Waals surface area (Å²) < 4.78 is 2.04. The summed E-state index contributed by atoms with van der Waals surface area (Å²) in [5.74, 6) is 0.217. The van der Waals surface area contributed by atoms with Gasteiger partial charge in [-0.05, 0) is 45.0 Å². The minimum Gasteiger partial charge on any atom is -0.322 e. The Labute approximate surface area is 172 Å². The Hall–Kier alpha value is -2.92. The van der Waals surface area contributed by atoms with Crippen molar-refractivity contribution in [3.63, 3.8) is 0 Å². The predicted octanol–water partition coefficient (Wildman–Crippen LogP) is 4.16. The van der Waals surface area contributed by atoms with Crippen LogP contribution in [0.3, 0.4) is 0 Å². The second-order valence-electron chi connectivity index (χ2n) is 8.00. The molecule has 1 aromatic heterocycles. The summed E-state index contributed by atoms with van der Waals surface area (Å²) in [7, 11) is 2.07. The van der Waals surface area contributed by atoms with E-state index in [-0.39, 0.29) is 11.9 Å². The number of hydrogen-bond donors (Lipinski definition) is 0. The zero-order valence-corrected chi connectivity index (χ0v) is 17.6. The topological polar surface area (TPSA) is 41.4 Å². The Morgan fingerprint density at radius 1 is 1.03 bits per heavy atom. The lowest BCUT2D eigenvalue weighted by Gasteiger charge is -2.42. The van der Waals surface area contributed by atoms with Crippen molar-refractivity contribution in [1.82, 2.24) is 19.6 Å². The number of amides is 1. The number of β-lactam (4-membered cyclic amide) rings is 1. The van der Waals surface area contributed by atoms with Gasteiger partial charge in [-0.2, -0.15) is 5.10 Å². The molecule has 1 amide bonds. The molecule has 0 aliphatic carbocycles. The number of aromatic nitrogens is 2. The third-order valence-electron chi connectivity index (χ3n) is 5.86. The lowest BCUT2D eigenvalue weighted by atomic mass is 9.94. The van der Waals surface area contributed by atoms with Gasteiger partial charge in [0, 0.05) is 17.8 Å². The van der Waals surface area contributed by atoms with E-state index in [2.05, 4.69) is 57.0 Å². The number of carbonyl (C=O) groups excluding carboxylic acids is 1. The number of rotatable bonds is 6. The minimum absolute atomic E-state index is 0.183. The second kappa shape index (κ2) is 7.84. The largest absolute Gasteiger partial charge is 0.322 e. The number of benzene rings is 2. The number of carbonyl (C=O) groups is 1. The maximum absolute atomic E-state index is 12.2. The van der Waals surface area contributed by atoms with Crippen LogP contribution in [0.4, 0.5) is 0 Å². The molecule has 3 aromatic rings. The van der Waals surface area contributed by atoms with Crippen molar-refractivity contribution in [3.8, 4) is 5.69 Å². The number of hydrogen-bond acceptors (Lipinski definition) is 3. The molecule has 4 rings (SSSR count). The molecule has 1 aliphatic rings. The molecule has 1 aliphatic heterocycles. The molecule has 150 valence electrons. The number of aryl methyl sites for hydroxylation is 2. The first-order valence-corrected chi connectivity index (χ1v) is 10.1. The predicted molar refractivity (Wildman–Crippen MR) is 115 cm³/mol. The van der Waals surface area contributed by atoms with Crippen molar-refractivity contribution >= 4 is 5.91 Å². The summed E-state index contributed by atoms with van der Waals surface area (Å²) in [6.45, 7) is 7.67. The van der Waals surface area contributed by atoms with Crippen LogP contribution in [0.5, 0.6) is 0 Å². The quantitative estimate of drug-likeness (QED) is 0.596. The van der Waals surface area contributed by atoms with Gasteiger partial charge in [0.25, 0.3) is 0 Å². The molecule has 0 saturated carbocycles. The Morgan fingerprint density at radius 2 is 1.72 bits per heavy atom. The fourth-order valence-electron chi connectivity index (χ4n) is 4.12. The lowest BCUT2D eigenvalue weighted by molar-refractivity contribution is -0.149. The third kappa shape index (κ3) is 3.70. The van der Waals surface area contributed by atoms with Crippen molar-refractivity contribution in [2.45, 2.75) is 39.8 Å². The van der Waals surface area contributed by atoms with Crippen LogP contribution in [0, 0.1) is 20.8 Å². The number of para-hydroxylation sites is 1. The molecule has 0 spiro atoms. The van der Waals surface area contributed by atoms with Gasteiger partial charge >= 0.3 is 0 Å². The highest BCUT2D eigenvalue weighted by Crippen LogP contribution is 2.34. The van der Waals surface area contributed by atoms with E-state index in [4.69, 9.17) is 5.10 Å². The van der Waals surface area contributed by atoms with Gasteiger partial charge < -0.3 is 4.90 Å². The molecule has 5 heteroatoms. The van der Waals surface area contributed by atoms with Crippen LogP contribution in [-0.2, 0) is 11.3 Å². The molecule has 5 nitrogen and oxygen atoms in total. The molecular formula is C24H28N4O. The third-order valence-corrected chi connectivity index (χ3v) is 5.86. The second-order valence-corrected chi connectivity index (χ2v) is 8.00. The molecule has 1 unspecified atom stereocenters. The summed E-state index contributed by atoms with van der Waals surface area (Å²) in [5.41, 5.74) is 6.93. The zero-order valence-electron chi connectivity index (χ0n) is 17.6. The molecule has 0 radical (unpaired) electrons.